The topological polar surface area (TPSA) is 92.9 Å². The Morgan fingerprint density at radius 1 is 1.35 bits per heavy atom. The Morgan fingerprint density at radius 3 is 2.50 bits per heavy atom. The van der Waals surface area contributed by atoms with E-state index in [1.54, 1.807) is 30.3 Å². The van der Waals surface area contributed by atoms with Crippen molar-refractivity contribution in [1.29, 1.82) is 0 Å². The highest BCUT2D eigenvalue weighted by atomic mass is 16.5. The number of nitrogens with two attached hydrogens (primary N) is 1. The Labute approximate surface area is 117 Å². The maximum atomic E-state index is 12.2. The molecule has 2 amide bonds. The highest BCUT2D eigenvalue weighted by molar-refractivity contribution is 5.94. The summed E-state index contributed by atoms with van der Waals surface area (Å²) in [6.45, 7) is 3.86. The van der Waals surface area contributed by atoms with Gasteiger partial charge in [0.1, 0.15) is 5.75 Å². The Kier molecular flexibility index (Phi) is 6.25. The lowest BCUT2D eigenvalue weighted by atomic mass is 10.2. The minimum atomic E-state index is -0.565. The molecule has 0 heterocycles. The molecule has 0 saturated carbocycles. The van der Waals surface area contributed by atoms with Gasteiger partial charge >= 0.3 is 0 Å². The van der Waals surface area contributed by atoms with Crippen LogP contribution < -0.4 is 10.5 Å². The summed E-state index contributed by atoms with van der Waals surface area (Å²) in [6.07, 6.45) is 1.60. The molecule has 0 fully saturated rings. The summed E-state index contributed by atoms with van der Waals surface area (Å²) in [5.74, 6) is -0.316. The number of rotatable bonds is 8. The van der Waals surface area contributed by atoms with Crippen molar-refractivity contribution in [2.45, 2.75) is 0 Å². The molecular weight excluding hydrogens is 260 g/mol. The third-order valence-corrected chi connectivity index (χ3v) is 2.49. The standard InChI is InChI=1S/C14H18N2O4/c1-2-7-16(8-9-17)14(19)11-3-5-12(6-4-11)20-10-13(15)18/h2-6,17H,1,7-10H2,(H2,15,18). The van der Waals surface area contributed by atoms with Gasteiger partial charge in [-0.3, -0.25) is 9.59 Å². The second kappa shape index (κ2) is 7.96. The van der Waals surface area contributed by atoms with Crippen molar-refractivity contribution in [3.63, 3.8) is 0 Å². The number of carbonyl (C=O) groups excluding carboxylic acids is 2. The van der Waals surface area contributed by atoms with E-state index in [4.69, 9.17) is 15.6 Å². The number of nitrogens with zero attached hydrogens (tertiary/aromatic N) is 1. The molecule has 0 atom stereocenters. The molecule has 6 nitrogen and oxygen atoms in total. The Balaban J connectivity index is 2.72. The second-order valence-corrected chi connectivity index (χ2v) is 4.04. The molecule has 108 valence electrons. The van der Waals surface area contributed by atoms with E-state index >= 15 is 0 Å². The predicted molar refractivity (Wildman–Crippen MR) is 74.3 cm³/mol. The van der Waals surface area contributed by atoms with Gasteiger partial charge in [-0.05, 0) is 24.3 Å². The van der Waals surface area contributed by atoms with Gasteiger partial charge in [0.15, 0.2) is 6.61 Å². The van der Waals surface area contributed by atoms with Crippen molar-refractivity contribution in [3.05, 3.63) is 42.5 Å². The maximum Gasteiger partial charge on any atom is 0.255 e. The Morgan fingerprint density at radius 2 is 2.00 bits per heavy atom. The van der Waals surface area contributed by atoms with Crippen LogP contribution in [0.25, 0.3) is 0 Å². The zero-order chi connectivity index (χ0) is 15.0. The second-order valence-electron chi connectivity index (χ2n) is 4.04. The van der Waals surface area contributed by atoms with Gasteiger partial charge in [-0.15, -0.1) is 6.58 Å². The van der Waals surface area contributed by atoms with E-state index in [0.717, 1.165) is 0 Å². The molecule has 6 heteroatoms. The quantitative estimate of drug-likeness (QED) is 0.663. The zero-order valence-electron chi connectivity index (χ0n) is 11.1. The van der Waals surface area contributed by atoms with E-state index in [0.29, 0.717) is 17.9 Å². The molecule has 0 radical (unpaired) electrons. The number of benzene rings is 1. The number of hydrogen-bond acceptors (Lipinski definition) is 4. The summed E-state index contributed by atoms with van der Waals surface area (Å²) in [4.78, 5) is 24.2. The summed E-state index contributed by atoms with van der Waals surface area (Å²) in [6, 6.07) is 6.35. The molecule has 0 unspecified atom stereocenters. The third-order valence-electron chi connectivity index (χ3n) is 2.49. The fourth-order valence-electron chi connectivity index (χ4n) is 1.58. The molecule has 20 heavy (non-hydrogen) atoms. The summed E-state index contributed by atoms with van der Waals surface area (Å²) in [5.41, 5.74) is 5.43. The van der Waals surface area contributed by atoms with Crippen LogP contribution in [0.1, 0.15) is 10.4 Å². The molecule has 1 aromatic carbocycles. The minimum absolute atomic E-state index is 0.112. The van der Waals surface area contributed by atoms with E-state index in [1.807, 2.05) is 0 Å². The third kappa shape index (κ3) is 4.74. The molecule has 0 bridgehead atoms. The largest absolute Gasteiger partial charge is 0.484 e. The van der Waals surface area contributed by atoms with Crippen molar-refractivity contribution < 1.29 is 19.4 Å². The van der Waals surface area contributed by atoms with Crippen LogP contribution in [0.3, 0.4) is 0 Å². The zero-order valence-corrected chi connectivity index (χ0v) is 11.1. The summed E-state index contributed by atoms with van der Waals surface area (Å²) >= 11 is 0. The first-order chi connectivity index (χ1) is 9.58. The van der Waals surface area contributed by atoms with Gasteiger partial charge in [0.2, 0.25) is 0 Å². The van der Waals surface area contributed by atoms with Gasteiger partial charge in [-0.2, -0.15) is 0 Å². The van der Waals surface area contributed by atoms with Crippen LogP contribution in [0, 0.1) is 0 Å². The van der Waals surface area contributed by atoms with Crippen LogP contribution in [-0.2, 0) is 4.79 Å². The summed E-state index contributed by atoms with van der Waals surface area (Å²) in [7, 11) is 0. The van der Waals surface area contributed by atoms with E-state index < -0.39 is 5.91 Å². The molecule has 0 aliphatic heterocycles. The van der Waals surface area contributed by atoms with Gasteiger partial charge in [-0.1, -0.05) is 6.08 Å². The molecule has 0 spiro atoms. The average molecular weight is 278 g/mol. The monoisotopic (exact) mass is 278 g/mol. The Hall–Kier alpha value is -2.34. The van der Waals surface area contributed by atoms with E-state index in [-0.39, 0.29) is 25.7 Å². The lowest BCUT2D eigenvalue weighted by Gasteiger charge is -2.20. The number of amides is 2. The van der Waals surface area contributed by atoms with Crippen LogP contribution >= 0.6 is 0 Å². The number of ether oxygens (including phenoxy) is 1. The van der Waals surface area contributed by atoms with Crippen LogP contribution in [0.5, 0.6) is 5.75 Å². The Bertz CT molecular complexity index is 471. The molecule has 1 rings (SSSR count). The van der Waals surface area contributed by atoms with Crippen molar-refractivity contribution in [2.24, 2.45) is 5.73 Å². The van der Waals surface area contributed by atoms with Gasteiger partial charge < -0.3 is 20.5 Å². The number of carbonyl (C=O) groups is 2. The SMILES string of the molecule is C=CCN(CCO)C(=O)c1ccc(OCC(N)=O)cc1. The molecule has 1 aromatic rings. The highest BCUT2D eigenvalue weighted by Gasteiger charge is 2.13. The lowest BCUT2D eigenvalue weighted by Crippen LogP contribution is -2.33. The van der Waals surface area contributed by atoms with Gasteiger partial charge in [0.25, 0.3) is 11.8 Å². The van der Waals surface area contributed by atoms with Crippen LogP contribution in [-0.4, -0.2) is 48.1 Å². The molecule has 0 saturated heterocycles. The van der Waals surface area contributed by atoms with Crippen molar-refractivity contribution >= 4 is 11.8 Å². The highest BCUT2D eigenvalue weighted by Crippen LogP contribution is 2.13. The first kappa shape index (κ1) is 15.7. The molecule has 0 aliphatic carbocycles. The molecule has 0 aliphatic rings. The summed E-state index contributed by atoms with van der Waals surface area (Å²) in [5, 5.41) is 8.93. The first-order valence-corrected chi connectivity index (χ1v) is 6.10. The average Bonchev–Trinajstić information content (AvgIpc) is 2.44. The molecule has 0 aromatic heterocycles. The van der Waals surface area contributed by atoms with Crippen LogP contribution in [0.4, 0.5) is 0 Å². The normalized spacial score (nSPS) is 9.85. The predicted octanol–water partition coefficient (Wildman–Crippen LogP) is 0.171. The smallest absolute Gasteiger partial charge is 0.255 e. The number of primary amides is 1. The first-order valence-electron chi connectivity index (χ1n) is 6.10. The maximum absolute atomic E-state index is 12.2. The van der Waals surface area contributed by atoms with Crippen molar-refractivity contribution in [3.8, 4) is 5.75 Å². The minimum Gasteiger partial charge on any atom is -0.484 e. The van der Waals surface area contributed by atoms with Crippen LogP contribution in [0.2, 0.25) is 0 Å². The number of hydrogen-bond donors (Lipinski definition) is 2. The van der Waals surface area contributed by atoms with Gasteiger partial charge in [-0.25, -0.2) is 0 Å². The molecule has 3 N–H and O–H groups in total. The number of aliphatic hydroxyl groups excluding tert-OH is 1. The number of aliphatic hydroxyl groups is 1. The van der Waals surface area contributed by atoms with Gasteiger partial charge in [0.05, 0.1) is 6.61 Å². The van der Waals surface area contributed by atoms with E-state index in [9.17, 15) is 9.59 Å². The van der Waals surface area contributed by atoms with E-state index in [2.05, 4.69) is 6.58 Å². The summed E-state index contributed by atoms with van der Waals surface area (Å²) < 4.78 is 5.10. The fourth-order valence-corrected chi connectivity index (χ4v) is 1.58. The van der Waals surface area contributed by atoms with Gasteiger partial charge in [0, 0.05) is 18.7 Å². The van der Waals surface area contributed by atoms with Crippen LogP contribution in [0.15, 0.2) is 36.9 Å². The fraction of sp³-hybridized carbons (Fsp3) is 0.286. The van der Waals surface area contributed by atoms with Crippen molar-refractivity contribution in [2.75, 3.05) is 26.3 Å². The molecular formula is C14H18N2O4. The van der Waals surface area contributed by atoms with Crippen molar-refractivity contribution in [1.82, 2.24) is 4.90 Å². The lowest BCUT2D eigenvalue weighted by molar-refractivity contribution is -0.119. The van der Waals surface area contributed by atoms with E-state index in [1.165, 1.54) is 4.90 Å².